The van der Waals surface area contributed by atoms with Crippen molar-refractivity contribution in [3.05, 3.63) is 29.8 Å². The van der Waals surface area contributed by atoms with Gasteiger partial charge >= 0.3 is 0 Å². The van der Waals surface area contributed by atoms with E-state index in [4.69, 9.17) is 9.47 Å². The summed E-state index contributed by atoms with van der Waals surface area (Å²) in [5.41, 5.74) is 1.48. The first-order valence-corrected chi connectivity index (χ1v) is 9.96. The van der Waals surface area contributed by atoms with Gasteiger partial charge in [0.1, 0.15) is 5.75 Å². The monoisotopic (exact) mass is 375 g/mol. The number of carbonyl (C=O) groups excluding carboxylic acids is 1. The Bertz CT molecular complexity index is 612. The van der Waals surface area contributed by atoms with Gasteiger partial charge in [0, 0.05) is 44.9 Å². The molecule has 2 aliphatic rings. The summed E-state index contributed by atoms with van der Waals surface area (Å²) < 4.78 is 11.1. The van der Waals surface area contributed by atoms with Crippen LogP contribution in [-0.2, 0) is 16.1 Å². The molecule has 2 aliphatic heterocycles. The van der Waals surface area contributed by atoms with Crippen molar-refractivity contribution in [1.29, 1.82) is 0 Å². The lowest BCUT2D eigenvalue weighted by Crippen LogP contribution is -2.57. The van der Waals surface area contributed by atoms with Crippen LogP contribution in [0.1, 0.15) is 32.3 Å². The average Bonchev–Trinajstić information content (AvgIpc) is 3.16. The summed E-state index contributed by atoms with van der Waals surface area (Å²) in [6.07, 6.45) is 2.26. The maximum Gasteiger partial charge on any atom is 0.258 e. The topological polar surface area (TPSA) is 54.0 Å². The summed E-state index contributed by atoms with van der Waals surface area (Å²) >= 11 is 0. The van der Waals surface area contributed by atoms with Crippen LogP contribution in [0.5, 0.6) is 5.75 Å². The maximum atomic E-state index is 11.9. The molecule has 0 unspecified atom stereocenters. The number of carbonyl (C=O) groups is 1. The van der Waals surface area contributed by atoms with Gasteiger partial charge in [0.05, 0.1) is 6.10 Å². The van der Waals surface area contributed by atoms with E-state index in [0.717, 1.165) is 51.4 Å². The summed E-state index contributed by atoms with van der Waals surface area (Å²) in [5.74, 6) is 0.624. The van der Waals surface area contributed by atoms with Crippen LogP contribution in [0.4, 0.5) is 0 Å². The minimum atomic E-state index is -0.103. The molecule has 0 aromatic heterocycles. The lowest BCUT2D eigenvalue weighted by molar-refractivity contribution is -0.123. The van der Waals surface area contributed by atoms with Crippen LogP contribution in [-0.4, -0.2) is 73.8 Å². The van der Waals surface area contributed by atoms with Crippen LogP contribution in [0.25, 0.3) is 0 Å². The van der Waals surface area contributed by atoms with Crippen molar-refractivity contribution in [3.8, 4) is 5.75 Å². The van der Waals surface area contributed by atoms with E-state index in [0.29, 0.717) is 6.54 Å². The number of hydrogen-bond acceptors (Lipinski definition) is 5. The zero-order chi connectivity index (χ0) is 19.3. The third-order valence-corrected chi connectivity index (χ3v) is 5.65. The van der Waals surface area contributed by atoms with Gasteiger partial charge in [-0.2, -0.15) is 0 Å². The molecule has 0 spiro atoms. The molecular weight excluding hydrogens is 342 g/mol. The minimum absolute atomic E-state index is 0.0404. The van der Waals surface area contributed by atoms with Crippen LogP contribution < -0.4 is 10.1 Å². The van der Waals surface area contributed by atoms with E-state index in [1.165, 1.54) is 5.56 Å². The molecule has 1 amide bonds. The predicted molar refractivity (Wildman–Crippen MR) is 106 cm³/mol. The second-order valence-corrected chi connectivity index (χ2v) is 8.32. The van der Waals surface area contributed by atoms with E-state index in [2.05, 4.69) is 48.1 Å². The molecule has 150 valence electrons. The third-order valence-electron chi connectivity index (χ3n) is 5.65. The largest absolute Gasteiger partial charge is 0.484 e. The van der Waals surface area contributed by atoms with Crippen LogP contribution in [0.3, 0.4) is 0 Å². The van der Waals surface area contributed by atoms with E-state index in [9.17, 15) is 4.79 Å². The molecule has 1 N–H and O–H groups in total. The molecule has 1 atom stereocenters. The van der Waals surface area contributed by atoms with Gasteiger partial charge < -0.3 is 14.8 Å². The summed E-state index contributed by atoms with van der Waals surface area (Å²) in [4.78, 5) is 16.8. The fraction of sp³-hybridized carbons (Fsp3) is 0.667. The highest BCUT2D eigenvalue weighted by Gasteiger charge is 2.30. The highest BCUT2D eigenvalue weighted by Crippen LogP contribution is 2.21. The Hall–Kier alpha value is -1.63. The Kier molecular flexibility index (Phi) is 6.73. The summed E-state index contributed by atoms with van der Waals surface area (Å²) in [6.45, 7) is 10.2. The van der Waals surface area contributed by atoms with Gasteiger partial charge in [-0.3, -0.25) is 14.6 Å². The Morgan fingerprint density at radius 1 is 1.30 bits per heavy atom. The van der Waals surface area contributed by atoms with Crippen LogP contribution in [0.15, 0.2) is 24.3 Å². The van der Waals surface area contributed by atoms with E-state index in [-0.39, 0.29) is 24.2 Å². The number of ether oxygens (including phenoxy) is 2. The minimum Gasteiger partial charge on any atom is -0.484 e. The fourth-order valence-corrected chi connectivity index (χ4v) is 3.66. The van der Waals surface area contributed by atoms with Gasteiger partial charge in [0.25, 0.3) is 5.91 Å². The highest BCUT2D eigenvalue weighted by molar-refractivity contribution is 5.77. The standard InChI is InChI=1S/C21H33N3O3/c1-21(2)16-24(11-10-23(21)3)14-17-6-8-18(9-7-17)27-15-20(25)22-13-19-5-4-12-26-19/h6-9,19H,4-5,10-16H2,1-3H3,(H,22,25)/t19-/m1/s1. The van der Waals surface area contributed by atoms with Crippen molar-refractivity contribution in [1.82, 2.24) is 15.1 Å². The van der Waals surface area contributed by atoms with Gasteiger partial charge in [0.15, 0.2) is 6.61 Å². The lowest BCUT2D eigenvalue weighted by atomic mass is 9.99. The molecule has 2 fully saturated rings. The quantitative estimate of drug-likeness (QED) is 0.789. The third kappa shape index (κ3) is 5.92. The first-order chi connectivity index (χ1) is 12.9. The van der Waals surface area contributed by atoms with Crippen LogP contribution in [0, 0.1) is 0 Å². The van der Waals surface area contributed by atoms with E-state index in [1.54, 1.807) is 0 Å². The van der Waals surface area contributed by atoms with Crippen LogP contribution in [0.2, 0.25) is 0 Å². The summed E-state index contributed by atoms with van der Waals surface area (Å²) in [7, 11) is 2.19. The maximum absolute atomic E-state index is 11.9. The SMILES string of the molecule is CN1CCN(Cc2ccc(OCC(=O)NC[C@H]3CCCO3)cc2)CC1(C)C. The molecule has 0 saturated carbocycles. The first-order valence-electron chi connectivity index (χ1n) is 9.96. The van der Waals surface area contributed by atoms with Crippen molar-refractivity contribution < 1.29 is 14.3 Å². The summed E-state index contributed by atoms with van der Waals surface area (Å²) in [5, 5.41) is 2.87. The number of nitrogens with one attached hydrogen (secondary N) is 1. The normalized spacial score (nSPS) is 23.3. The molecule has 2 saturated heterocycles. The Morgan fingerprint density at radius 3 is 2.74 bits per heavy atom. The number of benzene rings is 1. The summed E-state index contributed by atoms with van der Waals surface area (Å²) in [6, 6.07) is 8.07. The number of nitrogens with zero attached hydrogens (tertiary/aromatic N) is 2. The molecule has 2 heterocycles. The van der Waals surface area contributed by atoms with Gasteiger partial charge in [-0.1, -0.05) is 12.1 Å². The second-order valence-electron chi connectivity index (χ2n) is 8.32. The molecule has 0 radical (unpaired) electrons. The Balaban J connectivity index is 1.40. The van der Waals surface area contributed by atoms with Crippen molar-refractivity contribution in [2.24, 2.45) is 0 Å². The molecule has 0 bridgehead atoms. The van der Waals surface area contributed by atoms with Gasteiger partial charge in [-0.15, -0.1) is 0 Å². The van der Waals surface area contributed by atoms with Gasteiger partial charge in [-0.25, -0.2) is 0 Å². The lowest BCUT2D eigenvalue weighted by Gasteiger charge is -2.45. The number of hydrogen-bond donors (Lipinski definition) is 1. The fourth-order valence-electron chi connectivity index (χ4n) is 3.66. The van der Waals surface area contributed by atoms with Gasteiger partial charge in [0.2, 0.25) is 0 Å². The zero-order valence-electron chi connectivity index (χ0n) is 16.9. The number of amides is 1. The molecule has 27 heavy (non-hydrogen) atoms. The van der Waals surface area contributed by atoms with Crippen LogP contribution >= 0.6 is 0 Å². The molecule has 6 heteroatoms. The molecule has 0 aliphatic carbocycles. The zero-order valence-corrected chi connectivity index (χ0v) is 16.9. The molecule has 6 nitrogen and oxygen atoms in total. The Labute approximate surface area is 162 Å². The number of rotatable bonds is 7. The average molecular weight is 376 g/mol. The van der Waals surface area contributed by atoms with Crippen molar-refractivity contribution in [3.63, 3.8) is 0 Å². The number of piperazine rings is 1. The van der Waals surface area contributed by atoms with E-state index >= 15 is 0 Å². The predicted octanol–water partition coefficient (Wildman–Crippen LogP) is 1.89. The van der Waals surface area contributed by atoms with Crippen molar-refractivity contribution >= 4 is 5.91 Å². The highest BCUT2D eigenvalue weighted by atomic mass is 16.5. The molecular formula is C21H33N3O3. The van der Waals surface area contributed by atoms with E-state index < -0.39 is 0 Å². The molecule has 1 aromatic rings. The van der Waals surface area contributed by atoms with Crippen molar-refractivity contribution in [2.75, 3.05) is 46.4 Å². The molecule has 3 rings (SSSR count). The Morgan fingerprint density at radius 2 is 2.07 bits per heavy atom. The van der Waals surface area contributed by atoms with E-state index in [1.807, 2.05) is 12.1 Å². The van der Waals surface area contributed by atoms with Crippen molar-refractivity contribution in [2.45, 2.75) is 44.9 Å². The number of likely N-dealkylation sites (N-methyl/N-ethyl adjacent to an activating group) is 1. The van der Waals surface area contributed by atoms with Gasteiger partial charge in [-0.05, 0) is 51.4 Å². The first kappa shape index (κ1) is 20.1. The molecule has 1 aromatic carbocycles. The second kappa shape index (κ2) is 9.04. The smallest absolute Gasteiger partial charge is 0.258 e.